The van der Waals surface area contributed by atoms with E-state index in [0.29, 0.717) is 48.7 Å². The molecular formula is C26H42O5. The number of ether oxygens (including phenoxy) is 4. The van der Waals surface area contributed by atoms with Gasteiger partial charge in [-0.15, -0.1) is 0 Å². The number of hydrogen-bond donors (Lipinski definition) is 1. The number of rotatable bonds is 1. The van der Waals surface area contributed by atoms with Crippen LogP contribution in [-0.4, -0.2) is 49.2 Å². The van der Waals surface area contributed by atoms with E-state index in [1.807, 2.05) is 0 Å². The first-order valence-corrected chi connectivity index (χ1v) is 12.9. The molecule has 0 bridgehead atoms. The topological polar surface area (TPSA) is 57.2 Å². The fraction of sp³-hybridized carbons (Fsp3) is 1.00. The van der Waals surface area contributed by atoms with Gasteiger partial charge in [0.15, 0.2) is 11.6 Å². The summed E-state index contributed by atoms with van der Waals surface area (Å²) < 4.78 is 24.6. The minimum atomic E-state index is -0.448. The molecule has 0 aromatic rings. The Bertz CT molecular complexity index is 713. The second-order valence-electron chi connectivity index (χ2n) is 12.6. The molecule has 4 saturated carbocycles. The summed E-state index contributed by atoms with van der Waals surface area (Å²) >= 11 is 0. The van der Waals surface area contributed by atoms with Crippen LogP contribution in [-0.2, 0) is 18.9 Å². The minimum Gasteiger partial charge on any atom is -0.393 e. The first-order valence-electron chi connectivity index (χ1n) is 12.9. The lowest BCUT2D eigenvalue weighted by molar-refractivity contribution is -0.260. The van der Waals surface area contributed by atoms with Gasteiger partial charge in [0, 0.05) is 18.8 Å². The van der Waals surface area contributed by atoms with E-state index < -0.39 is 5.79 Å². The van der Waals surface area contributed by atoms with Crippen LogP contribution >= 0.6 is 0 Å². The van der Waals surface area contributed by atoms with Crippen molar-refractivity contribution in [1.82, 2.24) is 0 Å². The Hall–Kier alpha value is -0.200. The van der Waals surface area contributed by atoms with Crippen LogP contribution in [0.5, 0.6) is 0 Å². The van der Waals surface area contributed by atoms with E-state index >= 15 is 0 Å². The molecule has 6 aliphatic rings. The highest BCUT2D eigenvalue weighted by atomic mass is 16.7. The van der Waals surface area contributed by atoms with E-state index in [1.165, 1.54) is 12.8 Å². The Morgan fingerprint density at radius 1 is 0.806 bits per heavy atom. The SMILES string of the molecule is C[C@@H]1C[C@@]2(C)C(CCC2C2(C)OCCO2)C2C1[C@@]1(C)CCC3(C[C@H]1C[C@@H]2O)OCCO3. The Kier molecular flexibility index (Phi) is 4.76. The molecule has 6 rings (SSSR count). The molecule has 6 fully saturated rings. The third-order valence-corrected chi connectivity index (χ3v) is 11.2. The molecule has 31 heavy (non-hydrogen) atoms. The van der Waals surface area contributed by atoms with Gasteiger partial charge in [-0.1, -0.05) is 20.8 Å². The fourth-order valence-electron chi connectivity index (χ4n) is 10.2. The van der Waals surface area contributed by atoms with Crippen LogP contribution in [0.15, 0.2) is 0 Å². The normalized spacial score (nSPS) is 55.1. The van der Waals surface area contributed by atoms with Gasteiger partial charge in [-0.05, 0) is 79.4 Å². The van der Waals surface area contributed by atoms with Gasteiger partial charge < -0.3 is 24.1 Å². The quantitative estimate of drug-likeness (QED) is 0.664. The molecule has 1 spiro atoms. The molecule has 0 radical (unpaired) electrons. The van der Waals surface area contributed by atoms with Gasteiger partial charge in [-0.2, -0.15) is 0 Å². The average Bonchev–Trinajstić information content (AvgIpc) is 3.42. The van der Waals surface area contributed by atoms with Crippen molar-refractivity contribution >= 4 is 0 Å². The molecule has 2 aliphatic heterocycles. The third kappa shape index (κ3) is 2.86. The smallest absolute Gasteiger partial charge is 0.169 e. The number of fused-ring (bicyclic) bond motifs is 5. The monoisotopic (exact) mass is 434 g/mol. The summed E-state index contributed by atoms with van der Waals surface area (Å²) in [5.41, 5.74) is 0.449. The maximum atomic E-state index is 11.6. The van der Waals surface area contributed by atoms with Crippen molar-refractivity contribution in [2.45, 2.75) is 90.3 Å². The molecule has 5 nitrogen and oxygen atoms in total. The van der Waals surface area contributed by atoms with Gasteiger partial charge in [-0.25, -0.2) is 0 Å². The van der Waals surface area contributed by atoms with Crippen LogP contribution in [0.25, 0.3) is 0 Å². The van der Waals surface area contributed by atoms with E-state index in [4.69, 9.17) is 18.9 Å². The predicted molar refractivity (Wildman–Crippen MR) is 116 cm³/mol. The van der Waals surface area contributed by atoms with Crippen molar-refractivity contribution < 1.29 is 24.1 Å². The van der Waals surface area contributed by atoms with Crippen LogP contribution in [0, 0.1) is 46.3 Å². The second kappa shape index (κ2) is 6.91. The molecule has 1 N–H and O–H groups in total. The van der Waals surface area contributed by atoms with E-state index in [2.05, 4.69) is 27.7 Å². The van der Waals surface area contributed by atoms with Crippen molar-refractivity contribution in [3.05, 3.63) is 0 Å². The van der Waals surface area contributed by atoms with Gasteiger partial charge in [0.05, 0.1) is 32.5 Å². The van der Waals surface area contributed by atoms with Gasteiger partial charge in [0.25, 0.3) is 0 Å². The maximum absolute atomic E-state index is 11.6. The molecule has 176 valence electrons. The highest BCUT2D eigenvalue weighted by Crippen LogP contribution is 2.71. The highest BCUT2D eigenvalue weighted by molar-refractivity contribution is 5.15. The Labute approximate surface area is 187 Å². The molecule has 0 aromatic carbocycles. The molecule has 9 atom stereocenters. The molecule has 4 unspecified atom stereocenters. The number of aliphatic hydroxyl groups is 1. The molecule has 2 heterocycles. The minimum absolute atomic E-state index is 0.178. The van der Waals surface area contributed by atoms with Crippen molar-refractivity contribution in [3.8, 4) is 0 Å². The lowest BCUT2D eigenvalue weighted by atomic mass is 9.41. The van der Waals surface area contributed by atoms with Crippen LogP contribution < -0.4 is 0 Å². The molecule has 0 aromatic heterocycles. The van der Waals surface area contributed by atoms with Crippen molar-refractivity contribution in [3.63, 3.8) is 0 Å². The molecule has 5 heteroatoms. The highest BCUT2D eigenvalue weighted by Gasteiger charge is 2.68. The second-order valence-corrected chi connectivity index (χ2v) is 12.6. The van der Waals surface area contributed by atoms with E-state index in [0.717, 1.165) is 45.3 Å². The molecular weight excluding hydrogens is 392 g/mol. The maximum Gasteiger partial charge on any atom is 0.169 e. The first kappa shape index (κ1) is 21.3. The van der Waals surface area contributed by atoms with E-state index in [1.54, 1.807) is 0 Å². The third-order valence-electron chi connectivity index (χ3n) is 11.2. The summed E-state index contributed by atoms with van der Waals surface area (Å²) in [5, 5.41) is 11.6. The van der Waals surface area contributed by atoms with E-state index in [9.17, 15) is 5.11 Å². The van der Waals surface area contributed by atoms with Crippen LogP contribution in [0.1, 0.15) is 72.6 Å². The Morgan fingerprint density at radius 3 is 2.19 bits per heavy atom. The van der Waals surface area contributed by atoms with Crippen molar-refractivity contribution in [2.24, 2.45) is 46.3 Å². The van der Waals surface area contributed by atoms with Crippen LogP contribution in [0.3, 0.4) is 0 Å². The van der Waals surface area contributed by atoms with Gasteiger partial charge >= 0.3 is 0 Å². The average molecular weight is 435 g/mol. The molecule has 0 amide bonds. The van der Waals surface area contributed by atoms with Crippen molar-refractivity contribution in [1.29, 1.82) is 0 Å². The summed E-state index contributed by atoms with van der Waals surface area (Å²) in [4.78, 5) is 0. The van der Waals surface area contributed by atoms with Crippen LogP contribution in [0.2, 0.25) is 0 Å². The molecule has 2 saturated heterocycles. The lowest BCUT2D eigenvalue weighted by Gasteiger charge is -2.65. The van der Waals surface area contributed by atoms with E-state index in [-0.39, 0.29) is 22.7 Å². The van der Waals surface area contributed by atoms with Crippen molar-refractivity contribution in [2.75, 3.05) is 26.4 Å². The van der Waals surface area contributed by atoms with Gasteiger partial charge in [0.1, 0.15) is 0 Å². The largest absolute Gasteiger partial charge is 0.393 e. The summed E-state index contributed by atoms with van der Waals surface area (Å²) in [6.07, 6.45) is 7.39. The summed E-state index contributed by atoms with van der Waals surface area (Å²) in [6.45, 7) is 12.5. The number of hydrogen-bond acceptors (Lipinski definition) is 5. The number of aliphatic hydroxyl groups excluding tert-OH is 1. The van der Waals surface area contributed by atoms with Gasteiger partial charge in [0.2, 0.25) is 0 Å². The Morgan fingerprint density at radius 2 is 1.48 bits per heavy atom. The summed E-state index contributed by atoms with van der Waals surface area (Å²) in [6, 6.07) is 0. The zero-order valence-corrected chi connectivity index (χ0v) is 19.9. The molecule has 4 aliphatic carbocycles. The standard InChI is InChI=1S/C26H42O5/c1-16-14-24(3)18(5-6-20(24)25(4)28-9-10-29-25)21-19(27)13-17-15-26(30-11-12-31-26)8-7-23(17,2)22(16)21/h16-22,27H,5-15H2,1-4H3/t16-,17-,18?,19+,20?,21?,22?,23+,24+/m1/s1. The Balaban J connectivity index is 1.32. The zero-order chi connectivity index (χ0) is 21.6. The predicted octanol–water partition coefficient (Wildman–Crippen LogP) is 4.37. The summed E-state index contributed by atoms with van der Waals surface area (Å²) in [5.74, 6) is 2.22. The van der Waals surface area contributed by atoms with Crippen LogP contribution in [0.4, 0.5) is 0 Å². The zero-order valence-electron chi connectivity index (χ0n) is 19.9. The first-order chi connectivity index (χ1) is 14.7. The summed E-state index contributed by atoms with van der Waals surface area (Å²) in [7, 11) is 0. The van der Waals surface area contributed by atoms with Gasteiger partial charge in [-0.3, -0.25) is 0 Å². The lowest BCUT2D eigenvalue weighted by Crippen LogP contribution is -2.63. The fourth-order valence-corrected chi connectivity index (χ4v) is 10.2.